The van der Waals surface area contributed by atoms with Gasteiger partial charge in [-0.1, -0.05) is 23.1 Å². The summed E-state index contributed by atoms with van der Waals surface area (Å²) in [7, 11) is 0. The van der Waals surface area contributed by atoms with Crippen LogP contribution in [-0.2, 0) is 5.75 Å². The number of aromatic nitrogens is 4. The number of fused-ring (bicyclic) bond motifs is 1. The molecule has 1 fully saturated rings. The number of nitrogens with zero attached hydrogens (tertiary/aromatic N) is 3. The molecule has 1 aliphatic rings. The predicted octanol–water partition coefficient (Wildman–Crippen LogP) is 2.70. The lowest BCUT2D eigenvalue weighted by atomic mass is 10.4. The Morgan fingerprint density at radius 3 is 3.19 bits per heavy atom. The van der Waals surface area contributed by atoms with Crippen molar-refractivity contribution in [1.82, 2.24) is 20.2 Å². The minimum atomic E-state index is -0.0704. The first-order valence-corrected chi connectivity index (χ1v) is 9.15. The van der Waals surface area contributed by atoms with Gasteiger partial charge in [0.15, 0.2) is 4.34 Å². The van der Waals surface area contributed by atoms with Crippen molar-refractivity contribution in [2.75, 3.05) is 5.32 Å². The highest BCUT2D eigenvalue weighted by molar-refractivity contribution is 8.00. The Balaban J connectivity index is 1.47. The number of H-pyrrole nitrogens is 1. The monoisotopic (exact) mass is 337 g/mol. The van der Waals surface area contributed by atoms with E-state index in [1.165, 1.54) is 35.9 Å². The third-order valence-electron chi connectivity index (χ3n) is 3.01. The van der Waals surface area contributed by atoms with Crippen molar-refractivity contribution < 1.29 is 0 Å². The fraction of sp³-hybridized carbons (Fsp3) is 0.333. The maximum Gasteiger partial charge on any atom is 0.268 e. The van der Waals surface area contributed by atoms with Gasteiger partial charge in [-0.3, -0.25) is 4.79 Å². The lowest BCUT2D eigenvalue weighted by Gasteiger charge is -1.98. The van der Waals surface area contributed by atoms with Crippen LogP contribution >= 0.6 is 34.4 Å². The van der Waals surface area contributed by atoms with Crippen LogP contribution < -0.4 is 10.9 Å². The predicted molar refractivity (Wildman–Crippen MR) is 86.4 cm³/mol. The van der Waals surface area contributed by atoms with Gasteiger partial charge in [0.1, 0.15) is 10.5 Å². The van der Waals surface area contributed by atoms with E-state index in [2.05, 4.69) is 25.5 Å². The van der Waals surface area contributed by atoms with Crippen LogP contribution in [0.4, 0.5) is 5.13 Å². The summed E-state index contributed by atoms with van der Waals surface area (Å²) in [5, 5.41) is 14.3. The molecule has 0 unspecified atom stereocenters. The molecule has 21 heavy (non-hydrogen) atoms. The van der Waals surface area contributed by atoms with E-state index < -0.39 is 0 Å². The topological polar surface area (TPSA) is 83.6 Å². The second kappa shape index (κ2) is 5.39. The Kier molecular flexibility index (Phi) is 3.40. The van der Waals surface area contributed by atoms with Crippen molar-refractivity contribution in [3.8, 4) is 0 Å². The molecule has 0 saturated heterocycles. The van der Waals surface area contributed by atoms with E-state index in [1.807, 2.05) is 11.4 Å². The number of thioether (sulfide) groups is 1. The molecule has 3 aromatic heterocycles. The molecule has 1 aliphatic carbocycles. The summed E-state index contributed by atoms with van der Waals surface area (Å²) < 4.78 is 1.56. The lowest BCUT2D eigenvalue weighted by Crippen LogP contribution is -2.09. The van der Waals surface area contributed by atoms with Gasteiger partial charge in [-0.25, -0.2) is 4.98 Å². The number of thiophene rings is 1. The number of hydrogen-bond donors (Lipinski definition) is 2. The lowest BCUT2D eigenvalue weighted by molar-refractivity contribution is 0.989. The first-order chi connectivity index (χ1) is 10.3. The van der Waals surface area contributed by atoms with Gasteiger partial charge >= 0.3 is 0 Å². The van der Waals surface area contributed by atoms with Gasteiger partial charge in [0.05, 0.1) is 11.3 Å². The molecule has 0 aromatic carbocycles. The molecule has 0 radical (unpaired) electrons. The molecule has 2 N–H and O–H groups in total. The molecule has 0 atom stereocenters. The molecule has 3 aromatic rings. The zero-order valence-electron chi connectivity index (χ0n) is 10.8. The Hall–Kier alpha value is -1.45. The standard InChI is InChI=1S/C12H11N5OS3/c18-10-9-7(3-4-19-9)14-8(15-10)5-20-12-17-16-11(21-12)13-6-1-2-6/h3-4,6H,1-2,5H2,(H,13,16)(H,14,15,18). The molecule has 0 bridgehead atoms. The number of nitrogens with one attached hydrogen (secondary N) is 2. The Morgan fingerprint density at radius 2 is 2.33 bits per heavy atom. The molecular formula is C12H11N5OS3. The van der Waals surface area contributed by atoms with Crippen LogP contribution in [0.2, 0.25) is 0 Å². The molecule has 3 heterocycles. The normalized spacial score (nSPS) is 14.7. The van der Waals surface area contributed by atoms with Crippen molar-refractivity contribution in [2.24, 2.45) is 0 Å². The van der Waals surface area contributed by atoms with Crippen molar-refractivity contribution in [2.45, 2.75) is 29.0 Å². The number of rotatable bonds is 5. The fourth-order valence-electron chi connectivity index (χ4n) is 1.85. The van der Waals surface area contributed by atoms with Crippen LogP contribution in [0.25, 0.3) is 10.2 Å². The first-order valence-electron chi connectivity index (χ1n) is 6.47. The summed E-state index contributed by atoms with van der Waals surface area (Å²) >= 11 is 4.49. The summed E-state index contributed by atoms with van der Waals surface area (Å²) in [4.78, 5) is 19.1. The average Bonchev–Trinajstić information content (AvgIpc) is 2.98. The largest absolute Gasteiger partial charge is 0.357 e. The summed E-state index contributed by atoms with van der Waals surface area (Å²) in [6.45, 7) is 0. The third-order valence-corrected chi connectivity index (χ3v) is 5.91. The second-order valence-corrected chi connectivity index (χ2v) is 7.84. The van der Waals surface area contributed by atoms with E-state index in [0.29, 0.717) is 22.3 Å². The van der Waals surface area contributed by atoms with Crippen LogP contribution in [0.3, 0.4) is 0 Å². The highest BCUT2D eigenvalue weighted by atomic mass is 32.2. The van der Waals surface area contributed by atoms with Gasteiger partial charge in [0.25, 0.3) is 5.56 Å². The quantitative estimate of drug-likeness (QED) is 0.697. The van der Waals surface area contributed by atoms with Gasteiger partial charge in [0.2, 0.25) is 5.13 Å². The molecular weight excluding hydrogens is 326 g/mol. The maximum absolute atomic E-state index is 11.9. The van der Waals surface area contributed by atoms with Gasteiger partial charge < -0.3 is 10.3 Å². The molecule has 0 aliphatic heterocycles. The molecule has 0 amide bonds. The average molecular weight is 337 g/mol. The Labute approximate surface area is 132 Å². The van der Waals surface area contributed by atoms with Crippen molar-refractivity contribution in [3.05, 3.63) is 27.6 Å². The zero-order chi connectivity index (χ0) is 14.2. The smallest absolute Gasteiger partial charge is 0.268 e. The first kappa shape index (κ1) is 13.2. The summed E-state index contributed by atoms with van der Waals surface area (Å²) in [5.41, 5.74) is 0.687. The van der Waals surface area contributed by atoms with Crippen molar-refractivity contribution in [1.29, 1.82) is 0 Å². The highest BCUT2D eigenvalue weighted by Crippen LogP contribution is 2.31. The fourth-order valence-corrected chi connectivity index (χ4v) is 4.27. The van der Waals surface area contributed by atoms with E-state index in [4.69, 9.17) is 0 Å². The summed E-state index contributed by atoms with van der Waals surface area (Å²) in [6.07, 6.45) is 2.43. The Bertz CT molecular complexity index is 835. The van der Waals surface area contributed by atoms with E-state index in [9.17, 15) is 4.79 Å². The zero-order valence-corrected chi connectivity index (χ0v) is 13.3. The Morgan fingerprint density at radius 1 is 1.43 bits per heavy atom. The van der Waals surface area contributed by atoms with Crippen molar-refractivity contribution in [3.63, 3.8) is 0 Å². The summed E-state index contributed by atoms with van der Waals surface area (Å²) in [6, 6.07) is 2.45. The van der Waals surface area contributed by atoms with Crippen LogP contribution in [0, 0.1) is 0 Å². The van der Waals surface area contributed by atoms with Crippen LogP contribution in [0.1, 0.15) is 18.7 Å². The highest BCUT2D eigenvalue weighted by Gasteiger charge is 2.22. The molecule has 1 saturated carbocycles. The minimum absolute atomic E-state index is 0.0704. The van der Waals surface area contributed by atoms with Crippen molar-refractivity contribution >= 4 is 49.8 Å². The third kappa shape index (κ3) is 2.94. The van der Waals surface area contributed by atoms with Gasteiger partial charge in [-0.15, -0.1) is 21.5 Å². The van der Waals surface area contributed by atoms with Gasteiger partial charge in [-0.05, 0) is 24.3 Å². The van der Waals surface area contributed by atoms with Crippen LogP contribution in [0.15, 0.2) is 20.6 Å². The molecule has 4 rings (SSSR count). The van der Waals surface area contributed by atoms with E-state index in [0.717, 1.165) is 15.0 Å². The number of anilines is 1. The second-order valence-electron chi connectivity index (χ2n) is 4.73. The molecule has 0 spiro atoms. The van der Waals surface area contributed by atoms with Gasteiger partial charge in [0, 0.05) is 6.04 Å². The molecule has 108 valence electrons. The number of hydrogen-bond acceptors (Lipinski definition) is 8. The van der Waals surface area contributed by atoms with E-state index >= 15 is 0 Å². The van der Waals surface area contributed by atoms with E-state index in [1.54, 1.807) is 11.3 Å². The summed E-state index contributed by atoms with van der Waals surface area (Å²) in [5.74, 6) is 1.25. The maximum atomic E-state index is 11.9. The van der Waals surface area contributed by atoms with Crippen LogP contribution in [0.5, 0.6) is 0 Å². The van der Waals surface area contributed by atoms with E-state index in [-0.39, 0.29) is 5.56 Å². The van der Waals surface area contributed by atoms with Gasteiger partial charge in [-0.2, -0.15) is 0 Å². The molecule has 9 heteroatoms. The minimum Gasteiger partial charge on any atom is -0.357 e. The molecule has 6 nitrogen and oxygen atoms in total. The SMILES string of the molecule is O=c1[nH]c(CSc2nnc(NC3CC3)s2)nc2ccsc12. The van der Waals surface area contributed by atoms with Crippen LogP contribution in [-0.4, -0.2) is 26.2 Å². The number of aromatic amines is 1.